The third-order valence-corrected chi connectivity index (χ3v) is 3.85. The van der Waals surface area contributed by atoms with Crippen molar-refractivity contribution in [3.8, 4) is 0 Å². The van der Waals surface area contributed by atoms with E-state index < -0.39 is 11.5 Å². The summed E-state index contributed by atoms with van der Waals surface area (Å²) in [6, 6.07) is 0.749. The molecule has 1 aliphatic heterocycles. The molecule has 0 radical (unpaired) electrons. The van der Waals surface area contributed by atoms with Gasteiger partial charge in [0.1, 0.15) is 5.54 Å². The number of unbranched alkanes of at least 4 members (excludes halogenated alkanes) is 1. The number of carbonyl (C=O) groups is 1. The number of nitrogens with zero attached hydrogens (tertiary/aromatic N) is 1. The van der Waals surface area contributed by atoms with Crippen molar-refractivity contribution in [3.63, 3.8) is 0 Å². The molecule has 1 aliphatic rings. The maximum Gasteiger partial charge on any atom is 0.323 e. The van der Waals surface area contributed by atoms with Crippen molar-refractivity contribution in [1.29, 1.82) is 0 Å². The first-order valence-electron chi connectivity index (χ1n) is 6.73. The Labute approximate surface area is 104 Å². The predicted octanol–water partition coefficient (Wildman–Crippen LogP) is 1.83. The van der Waals surface area contributed by atoms with Gasteiger partial charge in [0.25, 0.3) is 0 Å². The summed E-state index contributed by atoms with van der Waals surface area (Å²) >= 11 is 0. The van der Waals surface area contributed by atoms with Gasteiger partial charge in [0, 0.05) is 6.04 Å². The summed E-state index contributed by atoms with van der Waals surface area (Å²) in [7, 11) is 0. The zero-order valence-electron chi connectivity index (χ0n) is 11.1. The van der Waals surface area contributed by atoms with Crippen LogP contribution in [0.5, 0.6) is 0 Å². The first-order valence-corrected chi connectivity index (χ1v) is 6.73. The van der Waals surface area contributed by atoms with Crippen LogP contribution in [-0.4, -0.2) is 40.6 Å². The predicted molar refractivity (Wildman–Crippen MR) is 69.0 cm³/mol. The van der Waals surface area contributed by atoms with Gasteiger partial charge >= 0.3 is 5.97 Å². The Kier molecular flexibility index (Phi) is 5.40. The smallest absolute Gasteiger partial charge is 0.323 e. The van der Waals surface area contributed by atoms with Gasteiger partial charge in [-0.1, -0.05) is 6.92 Å². The fraction of sp³-hybridized carbons (Fsp3) is 0.923. The minimum absolute atomic E-state index is 0.562. The van der Waals surface area contributed by atoms with E-state index in [4.69, 9.17) is 10.8 Å². The summed E-state index contributed by atoms with van der Waals surface area (Å²) < 4.78 is 0. The number of hydrogen-bond acceptors (Lipinski definition) is 3. The molecule has 1 rings (SSSR count). The van der Waals surface area contributed by atoms with Crippen molar-refractivity contribution in [1.82, 2.24) is 4.90 Å². The van der Waals surface area contributed by atoms with Gasteiger partial charge in [-0.05, 0) is 58.5 Å². The van der Waals surface area contributed by atoms with Gasteiger partial charge in [0.05, 0.1) is 0 Å². The van der Waals surface area contributed by atoms with E-state index in [1.54, 1.807) is 6.92 Å². The van der Waals surface area contributed by atoms with Crippen LogP contribution in [0.15, 0.2) is 0 Å². The molecule has 0 aromatic rings. The van der Waals surface area contributed by atoms with Crippen LogP contribution in [0.4, 0.5) is 0 Å². The Morgan fingerprint density at radius 2 is 2.24 bits per heavy atom. The number of hydrogen-bond donors (Lipinski definition) is 2. The average Bonchev–Trinajstić information content (AvgIpc) is 2.71. The van der Waals surface area contributed by atoms with Crippen LogP contribution in [0.1, 0.15) is 52.4 Å². The minimum Gasteiger partial charge on any atom is -0.480 e. The molecule has 17 heavy (non-hydrogen) atoms. The van der Waals surface area contributed by atoms with Gasteiger partial charge in [-0.15, -0.1) is 0 Å². The van der Waals surface area contributed by atoms with Gasteiger partial charge in [0.2, 0.25) is 0 Å². The molecule has 1 heterocycles. The second-order valence-corrected chi connectivity index (χ2v) is 5.42. The zero-order chi connectivity index (χ0) is 12.9. The molecule has 2 atom stereocenters. The normalized spacial score (nSPS) is 24.8. The van der Waals surface area contributed by atoms with Gasteiger partial charge in [-0.3, -0.25) is 4.79 Å². The number of aliphatic carboxylic acids is 1. The molecule has 100 valence electrons. The highest BCUT2D eigenvalue weighted by Gasteiger charge is 2.27. The summed E-state index contributed by atoms with van der Waals surface area (Å²) in [4.78, 5) is 13.4. The molecule has 4 heteroatoms. The van der Waals surface area contributed by atoms with Crippen molar-refractivity contribution in [2.75, 3.05) is 13.1 Å². The summed E-state index contributed by atoms with van der Waals surface area (Å²) in [6.45, 7) is 6.13. The first-order chi connectivity index (χ1) is 7.97. The molecule has 1 fully saturated rings. The van der Waals surface area contributed by atoms with Crippen molar-refractivity contribution in [2.45, 2.75) is 64.0 Å². The van der Waals surface area contributed by atoms with E-state index in [0.29, 0.717) is 6.42 Å². The largest absolute Gasteiger partial charge is 0.480 e. The maximum atomic E-state index is 10.8. The molecule has 0 aliphatic carbocycles. The molecule has 3 N–H and O–H groups in total. The summed E-state index contributed by atoms with van der Waals surface area (Å²) in [6.07, 6.45) is 6.36. The lowest BCUT2D eigenvalue weighted by molar-refractivity contribution is -0.142. The Balaban J connectivity index is 2.18. The minimum atomic E-state index is -1.06. The average molecular weight is 242 g/mol. The molecule has 0 spiro atoms. The molecular weight excluding hydrogens is 216 g/mol. The Morgan fingerprint density at radius 1 is 1.53 bits per heavy atom. The summed E-state index contributed by atoms with van der Waals surface area (Å²) in [5.41, 5.74) is 4.63. The number of carboxylic acids is 1. The fourth-order valence-corrected chi connectivity index (χ4v) is 2.57. The van der Waals surface area contributed by atoms with Crippen LogP contribution >= 0.6 is 0 Å². The third-order valence-electron chi connectivity index (χ3n) is 3.85. The van der Waals surface area contributed by atoms with Crippen molar-refractivity contribution in [3.05, 3.63) is 0 Å². The quantitative estimate of drug-likeness (QED) is 0.668. The SMILES string of the molecule is CCC1CCCN1CCCCC(C)(N)C(=O)O. The van der Waals surface area contributed by atoms with Crippen LogP contribution in [0, 0.1) is 0 Å². The van der Waals surface area contributed by atoms with Gasteiger partial charge in [0.15, 0.2) is 0 Å². The molecule has 0 saturated carbocycles. The maximum absolute atomic E-state index is 10.8. The molecular formula is C13H26N2O2. The lowest BCUT2D eigenvalue weighted by Crippen LogP contribution is -2.44. The van der Waals surface area contributed by atoms with E-state index in [2.05, 4.69) is 11.8 Å². The highest BCUT2D eigenvalue weighted by Crippen LogP contribution is 2.20. The van der Waals surface area contributed by atoms with Gasteiger partial charge in [-0.2, -0.15) is 0 Å². The molecule has 0 aromatic heterocycles. The highest BCUT2D eigenvalue weighted by molar-refractivity contribution is 5.77. The molecule has 0 aromatic carbocycles. The van der Waals surface area contributed by atoms with Crippen LogP contribution < -0.4 is 5.73 Å². The Hall–Kier alpha value is -0.610. The molecule has 2 unspecified atom stereocenters. The van der Waals surface area contributed by atoms with Crippen molar-refractivity contribution in [2.24, 2.45) is 5.73 Å². The lowest BCUT2D eigenvalue weighted by atomic mass is 9.96. The monoisotopic (exact) mass is 242 g/mol. The molecule has 0 bridgehead atoms. The number of nitrogens with two attached hydrogens (primary N) is 1. The number of rotatable bonds is 7. The van der Waals surface area contributed by atoms with Crippen LogP contribution in [-0.2, 0) is 4.79 Å². The van der Waals surface area contributed by atoms with Crippen LogP contribution in [0.3, 0.4) is 0 Å². The van der Waals surface area contributed by atoms with E-state index in [-0.39, 0.29) is 0 Å². The highest BCUT2D eigenvalue weighted by atomic mass is 16.4. The second kappa shape index (κ2) is 6.36. The number of likely N-dealkylation sites (tertiary alicyclic amines) is 1. The molecule has 4 nitrogen and oxygen atoms in total. The third kappa shape index (κ3) is 4.28. The van der Waals surface area contributed by atoms with Crippen LogP contribution in [0.2, 0.25) is 0 Å². The van der Waals surface area contributed by atoms with E-state index >= 15 is 0 Å². The Morgan fingerprint density at radius 3 is 2.82 bits per heavy atom. The summed E-state index contributed by atoms with van der Waals surface area (Å²) in [5.74, 6) is -0.898. The zero-order valence-corrected chi connectivity index (χ0v) is 11.1. The van der Waals surface area contributed by atoms with E-state index in [1.165, 1.54) is 25.8 Å². The van der Waals surface area contributed by atoms with E-state index in [0.717, 1.165) is 25.4 Å². The first kappa shape index (κ1) is 14.5. The van der Waals surface area contributed by atoms with Crippen molar-refractivity contribution >= 4 is 5.97 Å². The molecule has 0 amide bonds. The van der Waals surface area contributed by atoms with Crippen molar-refractivity contribution < 1.29 is 9.90 Å². The lowest BCUT2D eigenvalue weighted by Gasteiger charge is -2.24. The van der Waals surface area contributed by atoms with Crippen LogP contribution in [0.25, 0.3) is 0 Å². The topological polar surface area (TPSA) is 66.6 Å². The Bertz CT molecular complexity index is 254. The fourth-order valence-electron chi connectivity index (χ4n) is 2.57. The summed E-state index contributed by atoms with van der Waals surface area (Å²) in [5, 5.41) is 8.90. The molecule has 1 saturated heterocycles. The van der Waals surface area contributed by atoms with E-state index in [9.17, 15) is 4.79 Å². The van der Waals surface area contributed by atoms with Gasteiger partial charge in [-0.25, -0.2) is 0 Å². The second-order valence-electron chi connectivity index (χ2n) is 5.42. The van der Waals surface area contributed by atoms with Gasteiger partial charge < -0.3 is 15.7 Å². The standard InChI is InChI=1S/C13H26N2O2/c1-3-11-7-6-10-15(11)9-5-4-8-13(2,14)12(16)17/h11H,3-10,14H2,1-2H3,(H,16,17). The van der Waals surface area contributed by atoms with E-state index in [1.807, 2.05) is 0 Å². The number of carboxylic acid groups (broad SMARTS) is 1.